The second-order valence-electron chi connectivity index (χ2n) is 5.20. The Morgan fingerprint density at radius 1 is 1.47 bits per heavy atom. The topological polar surface area (TPSA) is 46.6 Å². The summed E-state index contributed by atoms with van der Waals surface area (Å²) in [6.07, 6.45) is 8.34. The normalized spacial score (nSPS) is 16.5. The van der Waals surface area contributed by atoms with Crippen LogP contribution in [-0.4, -0.2) is 28.5 Å². The zero-order chi connectivity index (χ0) is 13.2. The first-order chi connectivity index (χ1) is 9.35. The molecule has 19 heavy (non-hydrogen) atoms. The zero-order valence-electron chi connectivity index (χ0n) is 11.5. The number of nitrogens with zero attached hydrogens (tertiary/aromatic N) is 3. The molecule has 4 nitrogen and oxygen atoms in total. The Morgan fingerprint density at radius 2 is 2.26 bits per heavy atom. The fraction of sp³-hybridized carbons (Fsp3) is 0.643. The maximum atomic E-state index is 5.79. The highest BCUT2D eigenvalue weighted by Crippen LogP contribution is 2.31. The van der Waals surface area contributed by atoms with Crippen LogP contribution < -0.4 is 10.6 Å². The van der Waals surface area contributed by atoms with E-state index in [1.165, 1.54) is 37.2 Å². The van der Waals surface area contributed by atoms with Gasteiger partial charge in [-0.05, 0) is 26.3 Å². The summed E-state index contributed by atoms with van der Waals surface area (Å²) < 4.78 is 2.21. The molecule has 0 unspecified atom stereocenters. The summed E-state index contributed by atoms with van der Waals surface area (Å²) >= 11 is 1.70. The highest BCUT2D eigenvalue weighted by Gasteiger charge is 2.26. The number of hydrogen-bond donors (Lipinski definition) is 1. The van der Waals surface area contributed by atoms with Gasteiger partial charge in [-0.15, -0.1) is 11.3 Å². The van der Waals surface area contributed by atoms with Crippen molar-refractivity contribution in [1.29, 1.82) is 0 Å². The van der Waals surface area contributed by atoms with Crippen molar-refractivity contribution in [2.75, 3.05) is 18.0 Å². The average molecular weight is 278 g/mol. The molecule has 3 rings (SSSR count). The maximum absolute atomic E-state index is 5.79. The molecule has 0 bridgehead atoms. The molecule has 0 aliphatic heterocycles. The Kier molecular flexibility index (Phi) is 3.75. The molecule has 0 aromatic carbocycles. The predicted molar refractivity (Wildman–Crippen MR) is 81.1 cm³/mol. The van der Waals surface area contributed by atoms with E-state index in [2.05, 4.69) is 27.8 Å². The van der Waals surface area contributed by atoms with Gasteiger partial charge >= 0.3 is 0 Å². The standard InChI is InChI=1S/C14H22N4S/c1-2-17(11-5-3-4-6-11)13-12(7-8-15)18-9-10-19-14(18)16-13/h9-11H,2-8,15H2,1H3. The Hall–Kier alpha value is -1.07. The predicted octanol–water partition coefficient (Wildman–Crippen LogP) is 2.67. The van der Waals surface area contributed by atoms with Crippen molar-refractivity contribution >= 4 is 22.1 Å². The third-order valence-electron chi connectivity index (χ3n) is 4.10. The van der Waals surface area contributed by atoms with E-state index in [-0.39, 0.29) is 0 Å². The van der Waals surface area contributed by atoms with Crippen LogP contribution in [-0.2, 0) is 6.42 Å². The molecular weight excluding hydrogens is 256 g/mol. The van der Waals surface area contributed by atoms with Crippen molar-refractivity contribution in [3.63, 3.8) is 0 Å². The second-order valence-corrected chi connectivity index (χ2v) is 6.07. The number of rotatable bonds is 5. The van der Waals surface area contributed by atoms with E-state index in [4.69, 9.17) is 10.7 Å². The van der Waals surface area contributed by atoms with E-state index in [1.54, 1.807) is 11.3 Å². The highest BCUT2D eigenvalue weighted by atomic mass is 32.1. The van der Waals surface area contributed by atoms with Crippen molar-refractivity contribution in [2.24, 2.45) is 5.73 Å². The van der Waals surface area contributed by atoms with Crippen LogP contribution in [0.5, 0.6) is 0 Å². The summed E-state index contributed by atoms with van der Waals surface area (Å²) in [4.78, 5) is 8.45. The summed E-state index contributed by atoms with van der Waals surface area (Å²) in [5.74, 6) is 1.17. The highest BCUT2D eigenvalue weighted by molar-refractivity contribution is 7.15. The number of hydrogen-bond acceptors (Lipinski definition) is 4. The number of aromatic nitrogens is 2. The average Bonchev–Trinajstić information content (AvgIpc) is 3.10. The molecule has 0 spiro atoms. The van der Waals surface area contributed by atoms with E-state index in [9.17, 15) is 0 Å². The largest absolute Gasteiger partial charge is 0.352 e. The lowest BCUT2D eigenvalue weighted by Crippen LogP contribution is -2.34. The van der Waals surface area contributed by atoms with E-state index in [0.717, 1.165) is 17.9 Å². The molecule has 2 heterocycles. The minimum absolute atomic E-state index is 0.672. The molecule has 1 aliphatic carbocycles. The van der Waals surface area contributed by atoms with Crippen LogP contribution in [0, 0.1) is 0 Å². The van der Waals surface area contributed by atoms with Crippen LogP contribution in [0.1, 0.15) is 38.3 Å². The second kappa shape index (κ2) is 5.51. The van der Waals surface area contributed by atoms with Crippen LogP contribution in [0.2, 0.25) is 0 Å². The van der Waals surface area contributed by atoms with Crippen LogP contribution in [0.15, 0.2) is 11.6 Å². The summed E-state index contributed by atoms with van der Waals surface area (Å²) in [6, 6.07) is 0.672. The van der Waals surface area contributed by atoms with Gasteiger partial charge in [-0.3, -0.25) is 4.40 Å². The molecule has 1 fully saturated rings. The maximum Gasteiger partial charge on any atom is 0.195 e. The molecular formula is C14H22N4S. The molecule has 2 aromatic rings. The van der Waals surface area contributed by atoms with Crippen molar-refractivity contribution in [1.82, 2.24) is 9.38 Å². The third kappa shape index (κ3) is 2.25. The first-order valence-electron chi connectivity index (χ1n) is 7.26. The number of fused-ring (bicyclic) bond motifs is 1. The van der Waals surface area contributed by atoms with E-state index in [1.807, 2.05) is 0 Å². The summed E-state index contributed by atoms with van der Waals surface area (Å²) in [5.41, 5.74) is 7.07. The van der Waals surface area contributed by atoms with E-state index in [0.29, 0.717) is 12.6 Å². The van der Waals surface area contributed by atoms with Gasteiger partial charge in [0.15, 0.2) is 10.8 Å². The number of imidazole rings is 1. The molecule has 104 valence electrons. The minimum Gasteiger partial charge on any atom is -0.352 e. The molecule has 0 amide bonds. The molecule has 0 saturated heterocycles. The Bertz CT molecular complexity index is 539. The lowest BCUT2D eigenvalue weighted by atomic mass is 10.2. The summed E-state index contributed by atoms with van der Waals surface area (Å²) in [7, 11) is 0. The van der Waals surface area contributed by atoms with E-state index >= 15 is 0 Å². The molecule has 2 aromatic heterocycles. The Labute approximate surface area is 118 Å². The Morgan fingerprint density at radius 3 is 2.95 bits per heavy atom. The van der Waals surface area contributed by atoms with Crippen LogP contribution in [0.25, 0.3) is 4.96 Å². The van der Waals surface area contributed by atoms with Gasteiger partial charge in [0.1, 0.15) is 0 Å². The van der Waals surface area contributed by atoms with Crippen molar-refractivity contribution in [3.05, 3.63) is 17.3 Å². The van der Waals surface area contributed by atoms with Gasteiger partial charge in [0.05, 0.1) is 5.69 Å². The number of thiazole rings is 1. The van der Waals surface area contributed by atoms with Crippen LogP contribution in [0.3, 0.4) is 0 Å². The first kappa shape index (κ1) is 12.9. The lowest BCUT2D eigenvalue weighted by molar-refractivity contribution is 0.611. The van der Waals surface area contributed by atoms with Gasteiger partial charge in [-0.2, -0.15) is 0 Å². The van der Waals surface area contributed by atoms with Crippen LogP contribution in [0.4, 0.5) is 5.82 Å². The quantitative estimate of drug-likeness (QED) is 0.914. The smallest absolute Gasteiger partial charge is 0.195 e. The van der Waals surface area contributed by atoms with Gasteiger partial charge in [0.2, 0.25) is 0 Å². The van der Waals surface area contributed by atoms with Crippen molar-refractivity contribution in [2.45, 2.75) is 45.1 Å². The molecule has 1 saturated carbocycles. The molecule has 2 N–H and O–H groups in total. The molecule has 0 atom stereocenters. The molecule has 1 aliphatic rings. The molecule has 0 radical (unpaired) electrons. The SMILES string of the molecule is CCN(c1nc2sccn2c1CCN)C1CCCC1. The monoisotopic (exact) mass is 278 g/mol. The van der Waals surface area contributed by atoms with Crippen molar-refractivity contribution < 1.29 is 0 Å². The fourth-order valence-electron chi connectivity index (χ4n) is 3.22. The van der Waals surface area contributed by atoms with Crippen LogP contribution >= 0.6 is 11.3 Å². The summed E-state index contributed by atoms with van der Waals surface area (Å²) in [6.45, 7) is 3.95. The van der Waals surface area contributed by atoms with Gasteiger partial charge in [0, 0.05) is 30.6 Å². The Balaban J connectivity index is 2.00. The number of nitrogens with two attached hydrogens (primary N) is 1. The number of anilines is 1. The van der Waals surface area contributed by atoms with Gasteiger partial charge in [0.25, 0.3) is 0 Å². The van der Waals surface area contributed by atoms with Crippen molar-refractivity contribution in [3.8, 4) is 0 Å². The third-order valence-corrected chi connectivity index (χ3v) is 4.86. The van der Waals surface area contributed by atoms with Gasteiger partial charge in [-0.25, -0.2) is 4.98 Å². The molecule has 5 heteroatoms. The summed E-state index contributed by atoms with van der Waals surface area (Å²) in [5, 5.41) is 2.10. The zero-order valence-corrected chi connectivity index (χ0v) is 12.3. The first-order valence-corrected chi connectivity index (χ1v) is 8.14. The van der Waals surface area contributed by atoms with Gasteiger partial charge < -0.3 is 10.6 Å². The fourth-order valence-corrected chi connectivity index (χ4v) is 3.95. The van der Waals surface area contributed by atoms with Gasteiger partial charge in [-0.1, -0.05) is 12.8 Å². The minimum atomic E-state index is 0.672. The lowest BCUT2D eigenvalue weighted by Gasteiger charge is -2.28. The van der Waals surface area contributed by atoms with E-state index < -0.39 is 0 Å².